The molecule has 2 aromatic rings. The second-order valence-electron chi connectivity index (χ2n) is 4.82. The number of methoxy groups -OCH3 is 2. The van der Waals surface area contributed by atoms with Crippen LogP contribution in [-0.2, 0) is 9.53 Å². The molecule has 0 aliphatic heterocycles. The number of aromatic nitrogens is 2. The van der Waals surface area contributed by atoms with Crippen molar-refractivity contribution in [1.82, 2.24) is 9.97 Å². The molecule has 0 spiro atoms. The molecule has 1 atom stereocenters. The summed E-state index contributed by atoms with van der Waals surface area (Å²) in [7, 11) is 3.06. The zero-order chi connectivity index (χ0) is 14.1. The van der Waals surface area contributed by atoms with E-state index in [0.29, 0.717) is 5.92 Å². The van der Waals surface area contributed by atoms with Crippen LogP contribution in [0.15, 0.2) is 23.4 Å². The number of esters is 1. The molecule has 1 aromatic heterocycles. The second kappa shape index (κ2) is 5.36. The van der Waals surface area contributed by atoms with Gasteiger partial charge in [-0.1, -0.05) is 11.8 Å². The van der Waals surface area contributed by atoms with Crippen molar-refractivity contribution in [2.45, 2.75) is 23.2 Å². The molecule has 1 unspecified atom stereocenters. The summed E-state index contributed by atoms with van der Waals surface area (Å²) in [6.45, 7) is 0. The van der Waals surface area contributed by atoms with Crippen LogP contribution in [0.3, 0.4) is 0 Å². The SMILES string of the molecule is COC(=O)C(Sc1nc2ccc(OC)cc2[nH]1)C1CC1. The first kappa shape index (κ1) is 13.3. The van der Waals surface area contributed by atoms with E-state index in [1.165, 1.54) is 18.9 Å². The molecule has 1 aromatic carbocycles. The van der Waals surface area contributed by atoms with E-state index >= 15 is 0 Å². The number of H-pyrrole nitrogens is 1. The number of hydrogen-bond acceptors (Lipinski definition) is 5. The van der Waals surface area contributed by atoms with E-state index in [2.05, 4.69) is 9.97 Å². The zero-order valence-electron chi connectivity index (χ0n) is 11.4. The van der Waals surface area contributed by atoms with Gasteiger partial charge in [0.15, 0.2) is 5.16 Å². The fraction of sp³-hybridized carbons (Fsp3) is 0.429. The molecular formula is C14H16N2O3S. The monoisotopic (exact) mass is 292 g/mol. The van der Waals surface area contributed by atoms with Crippen LogP contribution in [0.25, 0.3) is 11.0 Å². The Morgan fingerprint density at radius 3 is 2.90 bits per heavy atom. The number of thioether (sulfide) groups is 1. The third-order valence-electron chi connectivity index (χ3n) is 3.39. The van der Waals surface area contributed by atoms with E-state index in [4.69, 9.17) is 9.47 Å². The van der Waals surface area contributed by atoms with Crippen molar-refractivity contribution in [2.24, 2.45) is 5.92 Å². The lowest BCUT2D eigenvalue weighted by Crippen LogP contribution is -2.21. The maximum absolute atomic E-state index is 11.8. The Bertz CT molecular complexity index is 636. The van der Waals surface area contributed by atoms with Crippen molar-refractivity contribution in [1.29, 1.82) is 0 Å². The minimum absolute atomic E-state index is 0.164. The van der Waals surface area contributed by atoms with Crippen LogP contribution >= 0.6 is 11.8 Å². The number of carbonyl (C=O) groups excluding carboxylic acids is 1. The molecule has 0 saturated heterocycles. The number of imidazole rings is 1. The minimum atomic E-state index is -0.171. The first-order valence-corrected chi connectivity index (χ1v) is 7.37. The molecule has 0 amide bonds. The van der Waals surface area contributed by atoms with Crippen LogP contribution in [-0.4, -0.2) is 35.4 Å². The molecule has 1 aliphatic rings. The highest BCUT2D eigenvalue weighted by Crippen LogP contribution is 2.41. The first-order chi connectivity index (χ1) is 9.71. The van der Waals surface area contributed by atoms with Gasteiger partial charge in [0.1, 0.15) is 11.0 Å². The Morgan fingerprint density at radius 1 is 1.45 bits per heavy atom. The number of carbonyl (C=O) groups is 1. The Hall–Kier alpha value is -1.69. The maximum atomic E-state index is 11.8. The van der Waals surface area contributed by atoms with Gasteiger partial charge in [0.2, 0.25) is 0 Å². The highest BCUT2D eigenvalue weighted by Gasteiger charge is 2.38. The van der Waals surface area contributed by atoms with E-state index in [9.17, 15) is 4.79 Å². The van der Waals surface area contributed by atoms with E-state index in [0.717, 1.165) is 34.8 Å². The smallest absolute Gasteiger partial charge is 0.319 e. The fourth-order valence-corrected chi connectivity index (χ4v) is 3.34. The molecule has 0 bridgehead atoms. The molecule has 0 radical (unpaired) electrons. The average Bonchev–Trinajstić information content (AvgIpc) is 3.23. The number of hydrogen-bond donors (Lipinski definition) is 1. The molecule has 1 heterocycles. The van der Waals surface area contributed by atoms with Gasteiger partial charge in [-0.2, -0.15) is 0 Å². The standard InChI is InChI=1S/C14H16N2O3S/c1-18-9-5-6-10-11(7-9)16-14(15-10)20-12(8-3-4-8)13(17)19-2/h5-8,12H,3-4H2,1-2H3,(H,15,16). The summed E-state index contributed by atoms with van der Waals surface area (Å²) in [6.07, 6.45) is 2.17. The quantitative estimate of drug-likeness (QED) is 0.678. The van der Waals surface area contributed by atoms with Gasteiger partial charge in [-0.15, -0.1) is 0 Å². The van der Waals surface area contributed by atoms with Gasteiger partial charge in [-0.25, -0.2) is 4.98 Å². The zero-order valence-corrected chi connectivity index (χ0v) is 12.2. The van der Waals surface area contributed by atoms with Gasteiger partial charge >= 0.3 is 5.97 Å². The molecule has 1 fully saturated rings. The summed E-state index contributed by atoms with van der Waals surface area (Å²) in [6, 6.07) is 5.67. The minimum Gasteiger partial charge on any atom is -0.497 e. The topological polar surface area (TPSA) is 64.2 Å². The number of nitrogens with one attached hydrogen (secondary N) is 1. The molecule has 106 valence electrons. The summed E-state index contributed by atoms with van der Waals surface area (Å²) in [5.41, 5.74) is 1.78. The Kier molecular flexibility index (Phi) is 3.56. The number of nitrogens with zero attached hydrogens (tertiary/aromatic N) is 1. The Morgan fingerprint density at radius 2 is 2.25 bits per heavy atom. The van der Waals surface area contributed by atoms with Crippen molar-refractivity contribution < 1.29 is 14.3 Å². The molecule has 1 N–H and O–H groups in total. The fourth-order valence-electron chi connectivity index (χ4n) is 2.12. The van der Waals surface area contributed by atoms with Crippen LogP contribution in [0.4, 0.5) is 0 Å². The molecule has 1 saturated carbocycles. The normalized spacial score (nSPS) is 16.1. The highest BCUT2D eigenvalue weighted by atomic mass is 32.2. The number of benzene rings is 1. The van der Waals surface area contributed by atoms with Crippen molar-refractivity contribution in [3.63, 3.8) is 0 Å². The van der Waals surface area contributed by atoms with Crippen molar-refractivity contribution >= 4 is 28.8 Å². The van der Waals surface area contributed by atoms with Gasteiger partial charge < -0.3 is 14.5 Å². The van der Waals surface area contributed by atoms with E-state index in [-0.39, 0.29) is 11.2 Å². The maximum Gasteiger partial charge on any atom is 0.319 e. The molecular weight excluding hydrogens is 276 g/mol. The molecule has 5 nitrogen and oxygen atoms in total. The summed E-state index contributed by atoms with van der Waals surface area (Å²) in [5, 5.41) is 0.581. The summed E-state index contributed by atoms with van der Waals surface area (Å²) < 4.78 is 10.1. The van der Waals surface area contributed by atoms with Gasteiger partial charge in [-0.3, -0.25) is 4.79 Å². The molecule has 1 aliphatic carbocycles. The predicted molar refractivity (Wildman–Crippen MR) is 77.0 cm³/mol. The van der Waals surface area contributed by atoms with E-state index in [1.807, 2.05) is 18.2 Å². The van der Waals surface area contributed by atoms with Gasteiger partial charge in [0.05, 0.1) is 25.3 Å². The number of ether oxygens (including phenoxy) is 2. The van der Waals surface area contributed by atoms with Crippen molar-refractivity contribution in [3.05, 3.63) is 18.2 Å². The van der Waals surface area contributed by atoms with E-state index in [1.54, 1.807) is 7.11 Å². The van der Waals surface area contributed by atoms with E-state index < -0.39 is 0 Å². The van der Waals surface area contributed by atoms with Crippen molar-refractivity contribution in [2.75, 3.05) is 14.2 Å². The lowest BCUT2D eigenvalue weighted by atomic mass is 10.3. The van der Waals surface area contributed by atoms with Gasteiger partial charge in [0, 0.05) is 6.07 Å². The molecule has 6 heteroatoms. The Balaban J connectivity index is 1.84. The highest BCUT2D eigenvalue weighted by molar-refractivity contribution is 8.00. The summed E-state index contributed by atoms with van der Waals surface area (Å²) in [4.78, 5) is 19.5. The third-order valence-corrected chi connectivity index (χ3v) is 4.64. The number of aromatic amines is 1. The van der Waals surface area contributed by atoms with Crippen LogP contribution in [0.2, 0.25) is 0 Å². The number of fused-ring (bicyclic) bond motifs is 1. The summed E-state index contributed by atoms with van der Waals surface area (Å²) in [5.74, 6) is 1.02. The van der Waals surface area contributed by atoms with Crippen LogP contribution in [0.5, 0.6) is 5.75 Å². The van der Waals surface area contributed by atoms with Crippen LogP contribution in [0, 0.1) is 5.92 Å². The van der Waals surface area contributed by atoms with Crippen molar-refractivity contribution in [3.8, 4) is 5.75 Å². The second-order valence-corrected chi connectivity index (χ2v) is 5.95. The van der Waals surface area contributed by atoms with Crippen LogP contribution in [0.1, 0.15) is 12.8 Å². The predicted octanol–water partition coefficient (Wildman–Crippen LogP) is 2.62. The Labute approximate surface area is 121 Å². The van der Waals surface area contributed by atoms with Gasteiger partial charge in [-0.05, 0) is 30.9 Å². The number of rotatable bonds is 5. The largest absolute Gasteiger partial charge is 0.497 e. The third kappa shape index (κ3) is 2.60. The average molecular weight is 292 g/mol. The molecule has 3 rings (SSSR count). The van der Waals surface area contributed by atoms with Gasteiger partial charge in [0.25, 0.3) is 0 Å². The summed E-state index contributed by atoms with van der Waals surface area (Å²) >= 11 is 1.45. The lowest BCUT2D eigenvalue weighted by molar-refractivity contribution is -0.140. The van der Waals surface area contributed by atoms with Crippen LogP contribution < -0.4 is 4.74 Å². The lowest BCUT2D eigenvalue weighted by Gasteiger charge is -2.10. The molecule has 20 heavy (non-hydrogen) atoms. The first-order valence-electron chi connectivity index (χ1n) is 6.49.